The molecule has 0 amide bonds. The smallest absolute Gasteiger partial charge is 0.0542 e. The van der Waals surface area contributed by atoms with Crippen LogP contribution in [0, 0.1) is 26.7 Å². The van der Waals surface area contributed by atoms with E-state index in [9.17, 15) is 0 Å². The Morgan fingerprint density at radius 1 is 1.00 bits per heavy atom. The Bertz CT molecular complexity index is 618. The Labute approximate surface area is 135 Å². The minimum atomic E-state index is 0.434. The van der Waals surface area contributed by atoms with E-state index in [1.54, 1.807) is 0 Å². The Balaban J connectivity index is 1.91. The number of hydrogen-bond donors (Lipinski definition) is 1. The van der Waals surface area contributed by atoms with Crippen LogP contribution in [0.25, 0.3) is 0 Å². The molecule has 0 spiro atoms. The molecule has 1 N–H and O–H groups in total. The molecule has 2 aromatic rings. The molecule has 2 aromatic carbocycles. The lowest BCUT2D eigenvalue weighted by Gasteiger charge is -2.23. The molecule has 2 heteroatoms. The Morgan fingerprint density at radius 3 is 2.10 bits per heavy atom. The van der Waals surface area contributed by atoms with Gasteiger partial charge in [-0.05, 0) is 68.4 Å². The molecule has 1 atom stereocenters. The molecule has 1 aliphatic carbocycles. The van der Waals surface area contributed by atoms with E-state index in [0.717, 1.165) is 10.4 Å². The summed E-state index contributed by atoms with van der Waals surface area (Å²) < 4.78 is 1.15. The summed E-state index contributed by atoms with van der Waals surface area (Å²) >= 11 is 3.58. The fourth-order valence-electron chi connectivity index (χ4n) is 2.97. The van der Waals surface area contributed by atoms with Gasteiger partial charge in [0.15, 0.2) is 0 Å². The van der Waals surface area contributed by atoms with Crippen LogP contribution in [-0.4, -0.2) is 0 Å². The molecule has 0 saturated heterocycles. The fraction of sp³-hybridized carbons (Fsp3) is 0.368. The highest BCUT2D eigenvalue weighted by atomic mass is 79.9. The zero-order chi connectivity index (χ0) is 15.0. The first-order valence-corrected chi connectivity index (χ1v) is 8.44. The highest BCUT2D eigenvalue weighted by molar-refractivity contribution is 9.10. The summed E-state index contributed by atoms with van der Waals surface area (Å²) in [6.45, 7) is 6.50. The quantitative estimate of drug-likeness (QED) is 0.724. The van der Waals surface area contributed by atoms with Crippen LogP contribution in [0.15, 0.2) is 40.9 Å². The minimum Gasteiger partial charge on any atom is -0.378 e. The fourth-order valence-corrected chi connectivity index (χ4v) is 3.66. The molecule has 1 fully saturated rings. The molecule has 0 heterocycles. The van der Waals surface area contributed by atoms with Crippen LogP contribution in [0.1, 0.15) is 41.1 Å². The number of benzene rings is 2. The molecule has 0 aromatic heterocycles. The predicted octanol–water partition coefficient (Wildman–Crippen LogP) is 5.94. The van der Waals surface area contributed by atoms with Gasteiger partial charge in [-0.3, -0.25) is 0 Å². The van der Waals surface area contributed by atoms with Gasteiger partial charge in [0.25, 0.3) is 0 Å². The Hall–Kier alpha value is -1.28. The average molecular weight is 344 g/mol. The average Bonchev–Trinajstić information content (AvgIpc) is 3.24. The highest BCUT2D eigenvalue weighted by Gasteiger charge is 2.32. The minimum absolute atomic E-state index is 0.434. The lowest BCUT2D eigenvalue weighted by Crippen LogP contribution is -2.14. The van der Waals surface area contributed by atoms with E-state index >= 15 is 0 Å². The van der Waals surface area contributed by atoms with E-state index in [-0.39, 0.29) is 0 Å². The topological polar surface area (TPSA) is 12.0 Å². The maximum atomic E-state index is 3.82. The normalized spacial score (nSPS) is 15.8. The van der Waals surface area contributed by atoms with Crippen molar-refractivity contribution in [3.63, 3.8) is 0 Å². The van der Waals surface area contributed by atoms with Gasteiger partial charge >= 0.3 is 0 Å². The number of rotatable bonds is 4. The van der Waals surface area contributed by atoms with Crippen molar-refractivity contribution < 1.29 is 0 Å². The first kappa shape index (κ1) is 14.6. The number of hydrogen-bond acceptors (Lipinski definition) is 1. The van der Waals surface area contributed by atoms with Crippen molar-refractivity contribution in [1.29, 1.82) is 0 Å². The van der Waals surface area contributed by atoms with Crippen molar-refractivity contribution in [3.05, 3.63) is 63.1 Å². The molecular formula is C19H22BrN. The molecule has 110 valence electrons. The summed E-state index contributed by atoms with van der Waals surface area (Å²) in [5, 5.41) is 3.82. The van der Waals surface area contributed by atoms with Crippen LogP contribution in [-0.2, 0) is 0 Å². The van der Waals surface area contributed by atoms with E-state index in [1.807, 2.05) is 0 Å². The van der Waals surface area contributed by atoms with Crippen molar-refractivity contribution >= 4 is 21.6 Å². The van der Waals surface area contributed by atoms with Crippen LogP contribution >= 0.6 is 15.9 Å². The SMILES string of the molecule is Cc1ccc(C(Nc2c(C)cc(Br)cc2C)C2CC2)cc1. The molecule has 1 aliphatic rings. The first-order valence-electron chi connectivity index (χ1n) is 7.64. The summed E-state index contributed by atoms with van der Waals surface area (Å²) in [7, 11) is 0. The number of halogens is 1. The van der Waals surface area contributed by atoms with Gasteiger partial charge in [0.1, 0.15) is 0 Å². The van der Waals surface area contributed by atoms with Crippen LogP contribution < -0.4 is 5.32 Å². The zero-order valence-electron chi connectivity index (χ0n) is 12.9. The molecule has 1 saturated carbocycles. The third kappa shape index (κ3) is 3.32. The Morgan fingerprint density at radius 2 is 1.57 bits per heavy atom. The van der Waals surface area contributed by atoms with Crippen molar-refractivity contribution in [3.8, 4) is 0 Å². The first-order chi connectivity index (χ1) is 10.0. The maximum Gasteiger partial charge on any atom is 0.0542 e. The van der Waals surface area contributed by atoms with Crippen LogP contribution in [0.3, 0.4) is 0 Å². The van der Waals surface area contributed by atoms with Crippen molar-refractivity contribution in [2.24, 2.45) is 5.92 Å². The molecular weight excluding hydrogens is 322 g/mol. The van der Waals surface area contributed by atoms with Crippen LogP contribution in [0.4, 0.5) is 5.69 Å². The molecule has 3 rings (SSSR count). The van der Waals surface area contributed by atoms with E-state index < -0.39 is 0 Å². The molecule has 0 bridgehead atoms. The maximum absolute atomic E-state index is 3.82. The van der Waals surface area contributed by atoms with Gasteiger partial charge in [0.05, 0.1) is 6.04 Å². The van der Waals surface area contributed by atoms with Gasteiger partial charge in [-0.25, -0.2) is 0 Å². The van der Waals surface area contributed by atoms with Crippen LogP contribution in [0.2, 0.25) is 0 Å². The second-order valence-corrected chi connectivity index (χ2v) is 7.20. The van der Waals surface area contributed by atoms with Crippen LogP contribution in [0.5, 0.6) is 0 Å². The van der Waals surface area contributed by atoms with Gasteiger partial charge in [0, 0.05) is 10.2 Å². The van der Waals surface area contributed by atoms with E-state index in [0.29, 0.717) is 6.04 Å². The van der Waals surface area contributed by atoms with Crippen molar-refractivity contribution in [1.82, 2.24) is 0 Å². The Kier molecular flexibility index (Phi) is 4.08. The van der Waals surface area contributed by atoms with Crippen molar-refractivity contribution in [2.75, 3.05) is 5.32 Å². The summed E-state index contributed by atoms with van der Waals surface area (Å²) in [6.07, 6.45) is 2.67. The molecule has 0 radical (unpaired) electrons. The van der Waals surface area contributed by atoms with Gasteiger partial charge in [-0.2, -0.15) is 0 Å². The number of aryl methyl sites for hydroxylation is 3. The molecule has 1 unspecified atom stereocenters. The third-order valence-electron chi connectivity index (χ3n) is 4.33. The lowest BCUT2D eigenvalue weighted by molar-refractivity contribution is 0.677. The largest absolute Gasteiger partial charge is 0.378 e. The third-order valence-corrected chi connectivity index (χ3v) is 4.79. The van der Waals surface area contributed by atoms with Crippen molar-refractivity contribution in [2.45, 2.75) is 39.7 Å². The zero-order valence-corrected chi connectivity index (χ0v) is 14.5. The highest BCUT2D eigenvalue weighted by Crippen LogP contribution is 2.43. The summed E-state index contributed by atoms with van der Waals surface area (Å²) in [6, 6.07) is 13.8. The monoisotopic (exact) mass is 343 g/mol. The number of nitrogens with one attached hydrogen (secondary N) is 1. The second-order valence-electron chi connectivity index (χ2n) is 6.28. The summed E-state index contributed by atoms with van der Waals surface area (Å²) in [5.41, 5.74) is 6.63. The molecule has 21 heavy (non-hydrogen) atoms. The molecule has 0 aliphatic heterocycles. The second kappa shape index (κ2) is 5.84. The predicted molar refractivity (Wildman–Crippen MR) is 93.9 cm³/mol. The van der Waals surface area contributed by atoms with Gasteiger partial charge < -0.3 is 5.32 Å². The van der Waals surface area contributed by atoms with Gasteiger partial charge in [0.2, 0.25) is 0 Å². The lowest BCUT2D eigenvalue weighted by atomic mass is 9.99. The van der Waals surface area contributed by atoms with Gasteiger partial charge in [-0.1, -0.05) is 45.8 Å². The molecule has 1 nitrogen and oxygen atoms in total. The number of anilines is 1. The summed E-state index contributed by atoms with van der Waals surface area (Å²) in [5.74, 6) is 0.773. The van der Waals surface area contributed by atoms with E-state index in [2.05, 4.69) is 78.4 Å². The van der Waals surface area contributed by atoms with E-state index in [4.69, 9.17) is 0 Å². The van der Waals surface area contributed by atoms with Gasteiger partial charge in [-0.15, -0.1) is 0 Å². The summed E-state index contributed by atoms with van der Waals surface area (Å²) in [4.78, 5) is 0. The van der Waals surface area contributed by atoms with E-state index in [1.165, 1.54) is 40.8 Å². The standard InChI is InChI=1S/C19H22BrN/c1-12-4-6-15(7-5-12)19(16-8-9-16)21-18-13(2)10-17(20)11-14(18)3/h4-7,10-11,16,19,21H,8-9H2,1-3H3.